The van der Waals surface area contributed by atoms with Gasteiger partial charge in [-0.3, -0.25) is 9.59 Å². The van der Waals surface area contributed by atoms with Gasteiger partial charge in [0.05, 0.1) is 12.5 Å². The van der Waals surface area contributed by atoms with Crippen LogP contribution in [0.5, 0.6) is 0 Å². The third kappa shape index (κ3) is 4.81. The lowest BCUT2D eigenvalue weighted by atomic mass is 9.96. The largest absolute Gasteiger partial charge is 0.383 e. The van der Waals surface area contributed by atoms with E-state index >= 15 is 0 Å². The van der Waals surface area contributed by atoms with Gasteiger partial charge in [0, 0.05) is 42.9 Å². The first-order chi connectivity index (χ1) is 10.6. The lowest BCUT2D eigenvalue weighted by Gasteiger charge is -2.31. The number of hydrogen-bond acceptors (Lipinski definition) is 4. The molecule has 2 amide bonds. The van der Waals surface area contributed by atoms with E-state index in [2.05, 4.69) is 24.4 Å². The Labute approximate surface area is 135 Å². The number of hydrogen-bond donors (Lipinski definition) is 1. The lowest BCUT2D eigenvalue weighted by molar-refractivity contribution is -0.138. The Morgan fingerprint density at radius 1 is 1.50 bits per heavy atom. The number of methoxy groups -OCH3 is 1. The van der Waals surface area contributed by atoms with Crippen molar-refractivity contribution in [2.24, 2.45) is 5.92 Å². The lowest BCUT2D eigenvalue weighted by Crippen LogP contribution is -2.47. The molecule has 0 saturated carbocycles. The fourth-order valence-electron chi connectivity index (χ4n) is 2.62. The number of likely N-dealkylation sites (tertiary alicyclic amines) is 1. The maximum absolute atomic E-state index is 12.2. The molecule has 2 heterocycles. The van der Waals surface area contributed by atoms with Crippen molar-refractivity contribution in [1.29, 1.82) is 0 Å². The maximum Gasteiger partial charge on any atom is 0.224 e. The van der Waals surface area contributed by atoms with E-state index in [-0.39, 0.29) is 17.7 Å². The molecular weight excluding hydrogens is 300 g/mol. The molecule has 0 aliphatic carbocycles. The Kier molecular flexibility index (Phi) is 6.39. The van der Waals surface area contributed by atoms with Crippen LogP contribution >= 0.6 is 11.3 Å². The zero-order chi connectivity index (χ0) is 15.9. The summed E-state index contributed by atoms with van der Waals surface area (Å²) in [5.41, 5.74) is 0. The van der Waals surface area contributed by atoms with Crippen LogP contribution in [0, 0.1) is 12.8 Å². The highest BCUT2D eigenvalue weighted by Gasteiger charge is 2.29. The predicted molar refractivity (Wildman–Crippen MR) is 86.9 cm³/mol. The van der Waals surface area contributed by atoms with Gasteiger partial charge in [-0.2, -0.15) is 0 Å². The van der Waals surface area contributed by atoms with Gasteiger partial charge >= 0.3 is 0 Å². The minimum absolute atomic E-state index is 0.0585. The number of thiophene rings is 1. The summed E-state index contributed by atoms with van der Waals surface area (Å²) in [6.07, 6.45) is 1.96. The Balaban J connectivity index is 1.75. The first-order valence-corrected chi connectivity index (χ1v) is 8.51. The van der Waals surface area contributed by atoms with Crippen molar-refractivity contribution in [2.75, 3.05) is 33.4 Å². The number of amides is 2. The van der Waals surface area contributed by atoms with Crippen LogP contribution in [0.15, 0.2) is 12.1 Å². The van der Waals surface area contributed by atoms with Crippen LogP contribution in [-0.2, 0) is 20.7 Å². The average molecular weight is 324 g/mol. The summed E-state index contributed by atoms with van der Waals surface area (Å²) in [6.45, 7) is 4.32. The van der Waals surface area contributed by atoms with Gasteiger partial charge < -0.3 is 15.0 Å². The third-order valence-electron chi connectivity index (χ3n) is 3.90. The highest BCUT2D eigenvalue weighted by molar-refractivity contribution is 7.11. The van der Waals surface area contributed by atoms with Gasteiger partial charge in [0.15, 0.2) is 0 Å². The van der Waals surface area contributed by atoms with Gasteiger partial charge in [0.2, 0.25) is 11.8 Å². The molecule has 0 aromatic carbocycles. The highest BCUT2D eigenvalue weighted by Crippen LogP contribution is 2.18. The van der Waals surface area contributed by atoms with Crippen molar-refractivity contribution in [3.63, 3.8) is 0 Å². The monoisotopic (exact) mass is 324 g/mol. The van der Waals surface area contributed by atoms with E-state index in [9.17, 15) is 9.59 Å². The van der Waals surface area contributed by atoms with Crippen molar-refractivity contribution < 1.29 is 14.3 Å². The molecule has 0 radical (unpaired) electrons. The van der Waals surface area contributed by atoms with E-state index in [1.165, 1.54) is 9.75 Å². The molecule has 1 atom stereocenters. The molecule has 6 heteroatoms. The molecule has 0 unspecified atom stereocenters. The molecule has 5 nitrogen and oxygen atoms in total. The quantitative estimate of drug-likeness (QED) is 0.829. The molecule has 22 heavy (non-hydrogen) atoms. The fourth-order valence-corrected chi connectivity index (χ4v) is 3.51. The molecule has 1 N–H and O–H groups in total. The van der Waals surface area contributed by atoms with E-state index in [0.717, 1.165) is 6.42 Å². The number of ether oxygens (including phenoxy) is 1. The smallest absolute Gasteiger partial charge is 0.224 e. The Morgan fingerprint density at radius 3 is 3.00 bits per heavy atom. The van der Waals surface area contributed by atoms with Gasteiger partial charge in [0.25, 0.3) is 0 Å². The summed E-state index contributed by atoms with van der Waals surface area (Å²) in [5, 5.41) is 3.00. The van der Waals surface area contributed by atoms with Gasteiger partial charge in [0.1, 0.15) is 0 Å². The molecule has 1 aliphatic rings. The zero-order valence-electron chi connectivity index (χ0n) is 13.3. The number of aryl methyl sites for hydroxylation is 1. The minimum atomic E-state index is -0.0976. The molecule has 0 bridgehead atoms. The SMILES string of the molecule is COCCN1C[C@@H](C(=O)NCCc2ccc(C)s2)CCC1=O. The van der Waals surface area contributed by atoms with Crippen LogP contribution in [-0.4, -0.2) is 50.1 Å². The van der Waals surface area contributed by atoms with E-state index in [1.807, 2.05) is 0 Å². The standard InChI is InChI=1S/C16H24N2O3S/c1-12-3-5-14(22-12)7-8-17-16(20)13-4-6-15(19)18(11-13)9-10-21-2/h3,5,13H,4,6-11H2,1-2H3,(H,17,20)/t13-/m0/s1. The first-order valence-electron chi connectivity index (χ1n) is 7.70. The van der Waals surface area contributed by atoms with Gasteiger partial charge in [-0.1, -0.05) is 0 Å². The van der Waals surface area contributed by atoms with Gasteiger partial charge in [-0.25, -0.2) is 0 Å². The van der Waals surface area contributed by atoms with Crippen LogP contribution in [0.3, 0.4) is 0 Å². The van der Waals surface area contributed by atoms with Crippen LogP contribution in [0.1, 0.15) is 22.6 Å². The molecule has 1 aromatic heterocycles. The highest BCUT2D eigenvalue weighted by atomic mass is 32.1. The van der Waals surface area contributed by atoms with Crippen molar-refractivity contribution >= 4 is 23.2 Å². The fraction of sp³-hybridized carbons (Fsp3) is 0.625. The van der Waals surface area contributed by atoms with Crippen molar-refractivity contribution in [1.82, 2.24) is 10.2 Å². The van der Waals surface area contributed by atoms with Crippen LogP contribution in [0.2, 0.25) is 0 Å². The molecule has 1 aromatic rings. The molecule has 0 spiro atoms. The van der Waals surface area contributed by atoms with Gasteiger partial charge in [-0.05, 0) is 31.9 Å². The summed E-state index contributed by atoms with van der Waals surface area (Å²) >= 11 is 1.77. The minimum Gasteiger partial charge on any atom is -0.383 e. The van der Waals surface area contributed by atoms with Crippen LogP contribution in [0.4, 0.5) is 0 Å². The summed E-state index contributed by atoms with van der Waals surface area (Å²) in [4.78, 5) is 28.4. The summed E-state index contributed by atoms with van der Waals surface area (Å²) in [7, 11) is 1.62. The number of nitrogens with one attached hydrogen (secondary N) is 1. The summed E-state index contributed by atoms with van der Waals surface area (Å²) < 4.78 is 5.01. The van der Waals surface area contributed by atoms with Gasteiger partial charge in [-0.15, -0.1) is 11.3 Å². The molecule has 1 fully saturated rings. The van der Waals surface area contributed by atoms with Crippen LogP contribution < -0.4 is 5.32 Å². The topological polar surface area (TPSA) is 58.6 Å². The second-order valence-corrected chi connectivity index (χ2v) is 6.99. The van der Waals surface area contributed by atoms with Crippen molar-refractivity contribution in [3.8, 4) is 0 Å². The zero-order valence-corrected chi connectivity index (χ0v) is 14.1. The van der Waals surface area contributed by atoms with Crippen molar-refractivity contribution in [2.45, 2.75) is 26.2 Å². The average Bonchev–Trinajstić information content (AvgIpc) is 2.92. The molecule has 1 saturated heterocycles. The number of piperidine rings is 1. The van der Waals surface area contributed by atoms with Crippen LogP contribution in [0.25, 0.3) is 0 Å². The number of rotatable bonds is 7. The Bertz CT molecular complexity index is 515. The number of carbonyl (C=O) groups excluding carboxylic acids is 2. The summed E-state index contributed by atoms with van der Waals surface area (Å²) in [6, 6.07) is 4.21. The maximum atomic E-state index is 12.2. The number of nitrogens with zero attached hydrogens (tertiary/aromatic N) is 1. The first kappa shape index (κ1) is 17.0. The number of carbonyl (C=O) groups is 2. The Morgan fingerprint density at radius 2 is 2.32 bits per heavy atom. The normalized spacial score (nSPS) is 18.5. The molecule has 122 valence electrons. The summed E-state index contributed by atoms with van der Waals surface area (Å²) in [5.74, 6) is 0.0815. The third-order valence-corrected chi connectivity index (χ3v) is 4.96. The Hall–Kier alpha value is -1.40. The van der Waals surface area contributed by atoms with E-state index < -0.39 is 0 Å². The second kappa shape index (κ2) is 8.29. The second-order valence-electron chi connectivity index (χ2n) is 5.62. The molecular formula is C16H24N2O3S. The predicted octanol–water partition coefficient (Wildman–Crippen LogP) is 1.60. The van der Waals surface area contributed by atoms with Crippen molar-refractivity contribution in [3.05, 3.63) is 21.9 Å². The van der Waals surface area contributed by atoms with E-state index in [1.54, 1.807) is 23.3 Å². The molecule has 2 rings (SSSR count). The van der Waals surface area contributed by atoms with E-state index in [0.29, 0.717) is 39.1 Å². The molecule has 1 aliphatic heterocycles. The van der Waals surface area contributed by atoms with E-state index in [4.69, 9.17) is 4.74 Å².